The number of hydrogen-bond donors (Lipinski definition) is 2. The molecule has 8 nitrogen and oxygen atoms in total. The minimum atomic E-state index is -0.582. The fourth-order valence-corrected chi connectivity index (χ4v) is 1.60. The Morgan fingerprint density at radius 3 is 2.90 bits per heavy atom. The molecule has 0 saturated carbocycles. The van der Waals surface area contributed by atoms with E-state index in [1.54, 1.807) is 0 Å². The minimum Gasteiger partial charge on any atom is -0.409 e. The van der Waals surface area contributed by atoms with E-state index in [0.29, 0.717) is 0 Å². The van der Waals surface area contributed by atoms with Crippen molar-refractivity contribution in [3.8, 4) is 0 Å². The van der Waals surface area contributed by atoms with E-state index < -0.39 is 10.7 Å². The molecule has 0 aliphatic heterocycles. The molecule has 1 aromatic carbocycles. The first-order chi connectivity index (χ1) is 9.51. The van der Waals surface area contributed by atoms with Crippen LogP contribution in [0.5, 0.6) is 0 Å². The Bertz CT molecular complexity index is 682. The standard InChI is InChI=1S/C11H10FN5O3/c12-10-3-7(11(13)15-18)1-2-8(10)5-16-6-9(4-14-16)17(19)20/h1-4,6,18H,5H2,(H2,13,15). The number of aromatic nitrogens is 2. The van der Waals surface area contributed by atoms with E-state index in [-0.39, 0.29) is 29.2 Å². The molecule has 0 fully saturated rings. The molecule has 0 amide bonds. The van der Waals surface area contributed by atoms with Crippen molar-refractivity contribution >= 4 is 11.5 Å². The van der Waals surface area contributed by atoms with Crippen LogP contribution in [0.3, 0.4) is 0 Å². The van der Waals surface area contributed by atoms with Crippen LogP contribution in [0.4, 0.5) is 10.1 Å². The summed E-state index contributed by atoms with van der Waals surface area (Å²) in [6, 6.07) is 4.03. The number of benzene rings is 1. The van der Waals surface area contributed by atoms with Gasteiger partial charge in [-0.05, 0) is 6.07 Å². The molecule has 9 heteroatoms. The second-order valence-electron chi connectivity index (χ2n) is 3.94. The third kappa shape index (κ3) is 2.71. The van der Waals surface area contributed by atoms with Gasteiger partial charge in [0.05, 0.1) is 11.5 Å². The molecule has 0 bridgehead atoms. The van der Waals surface area contributed by atoms with Gasteiger partial charge in [-0.15, -0.1) is 0 Å². The average molecular weight is 279 g/mol. The number of nitro groups is 1. The summed E-state index contributed by atoms with van der Waals surface area (Å²) in [4.78, 5) is 9.93. The highest BCUT2D eigenvalue weighted by Gasteiger charge is 2.11. The number of nitrogens with zero attached hydrogens (tertiary/aromatic N) is 4. The van der Waals surface area contributed by atoms with Crippen LogP contribution in [-0.4, -0.2) is 25.7 Å². The first-order valence-corrected chi connectivity index (χ1v) is 5.44. The smallest absolute Gasteiger partial charge is 0.307 e. The van der Waals surface area contributed by atoms with Gasteiger partial charge in [0.2, 0.25) is 0 Å². The summed E-state index contributed by atoms with van der Waals surface area (Å²) in [5, 5.41) is 25.6. The minimum absolute atomic E-state index is 0.0378. The van der Waals surface area contributed by atoms with Gasteiger partial charge in [-0.2, -0.15) is 5.10 Å². The lowest BCUT2D eigenvalue weighted by Crippen LogP contribution is -2.14. The van der Waals surface area contributed by atoms with E-state index >= 15 is 0 Å². The van der Waals surface area contributed by atoms with Gasteiger partial charge in [0, 0.05) is 11.1 Å². The number of oxime groups is 1. The molecule has 104 valence electrons. The van der Waals surface area contributed by atoms with Gasteiger partial charge in [0.25, 0.3) is 0 Å². The first kappa shape index (κ1) is 13.5. The maximum atomic E-state index is 13.8. The summed E-state index contributed by atoms with van der Waals surface area (Å²) in [5.41, 5.74) is 5.69. The first-order valence-electron chi connectivity index (χ1n) is 5.44. The highest BCUT2D eigenvalue weighted by molar-refractivity contribution is 5.97. The van der Waals surface area contributed by atoms with Crippen molar-refractivity contribution in [2.24, 2.45) is 10.9 Å². The zero-order valence-electron chi connectivity index (χ0n) is 10.1. The Hall–Kier alpha value is -2.97. The van der Waals surface area contributed by atoms with Gasteiger partial charge >= 0.3 is 5.69 Å². The van der Waals surface area contributed by atoms with E-state index in [0.717, 1.165) is 12.3 Å². The lowest BCUT2D eigenvalue weighted by Gasteiger charge is -2.05. The second kappa shape index (κ2) is 5.34. The maximum absolute atomic E-state index is 13.8. The Morgan fingerprint density at radius 2 is 2.35 bits per heavy atom. The van der Waals surface area contributed by atoms with Crippen LogP contribution in [-0.2, 0) is 6.54 Å². The molecular formula is C11H10FN5O3. The topological polar surface area (TPSA) is 120 Å². The lowest BCUT2D eigenvalue weighted by atomic mass is 10.1. The van der Waals surface area contributed by atoms with Gasteiger partial charge in [0.15, 0.2) is 5.84 Å². The van der Waals surface area contributed by atoms with Crippen molar-refractivity contribution in [3.05, 3.63) is 57.7 Å². The largest absolute Gasteiger partial charge is 0.409 e. The number of rotatable bonds is 4. The van der Waals surface area contributed by atoms with Gasteiger partial charge in [0.1, 0.15) is 18.2 Å². The molecule has 0 atom stereocenters. The van der Waals surface area contributed by atoms with Crippen molar-refractivity contribution in [2.75, 3.05) is 0 Å². The third-order valence-corrected chi connectivity index (χ3v) is 2.62. The van der Waals surface area contributed by atoms with E-state index in [2.05, 4.69) is 10.3 Å². The van der Waals surface area contributed by atoms with Crippen LogP contribution in [0.2, 0.25) is 0 Å². The van der Waals surface area contributed by atoms with Crippen molar-refractivity contribution in [1.82, 2.24) is 9.78 Å². The van der Waals surface area contributed by atoms with Crippen LogP contribution in [0.15, 0.2) is 35.7 Å². The fourth-order valence-electron chi connectivity index (χ4n) is 1.60. The Kier molecular flexibility index (Phi) is 3.60. The zero-order chi connectivity index (χ0) is 14.7. The number of hydrogen-bond acceptors (Lipinski definition) is 5. The molecule has 0 aliphatic carbocycles. The summed E-state index contributed by atoms with van der Waals surface area (Å²) < 4.78 is 15.1. The van der Waals surface area contributed by atoms with Crippen LogP contribution in [0.1, 0.15) is 11.1 Å². The quantitative estimate of drug-likeness (QED) is 0.285. The van der Waals surface area contributed by atoms with Crippen LogP contribution >= 0.6 is 0 Å². The maximum Gasteiger partial charge on any atom is 0.307 e. The summed E-state index contributed by atoms with van der Waals surface area (Å²) in [5.74, 6) is -0.780. The third-order valence-electron chi connectivity index (χ3n) is 2.62. The van der Waals surface area contributed by atoms with E-state index in [9.17, 15) is 14.5 Å². The fraction of sp³-hybridized carbons (Fsp3) is 0.0909. The highest BCUT2D eigenvalue weighted by atomic mass is 19.1. The summed E-state index contributed by atoms with van der Waals surface area (Å²) in [7, 11) is 0. The molecule has 0 radical (unpaired) electrons. The monoisotopic (exact) mass is 279 g/mol. The second-order valence-corrected chi connectivity index (χ2v) is 3.94. The van der Waals surface area contributed by atoms with Crippen LogP contribution < -0.4 is 5.73 Å². The van der Waals surface area contributed by atoms with Crippen molar-refractivity contribution in [3.63, 3.8) is 0 Å². The molecule has 0 spiro atoms. The molecule has 0 aliphatic rings. The van der Waals surface area contributed by atoms with Crippen molar-refractivity contribution in [2.45, 2.75) is 6.54 Å². The number of halogens is 1. The zero-order valence-corrected chi connectivity index (χ0v) is 10.1. The predicted molar refractivity (Wildman–Crippen MR) is 66.9 cm³/mol. The number of amidine groups is 1. The van der Waals surface area contributed by atoms with Gasteiger partial charge in [-0.1, -0.05) is 17.3 Å². The van der Waals surface area contributed by atoms with Crippen molar-refractivity contribution < 1.29 is 14.5 Å². The molecule has 1 heterocycles. The lowest BCUT2D eigenvalue weighted by molar-refractivity contribution is -0.385. The molecule has 3 N–H and O–H groups in total. The van der Waals surface area contributed by atoms with E-state index in [4.69, 9.17) is 10.9 Å². The Labute approximate surface area is 112 Å². The molecule has 2 rings (SSSR count). The Balaban J connectivity index is 2.23. The van der Waals surface area contributed by atoms with Crippen LogP contribution in [0, 0.1) is 15.9 Å². The highest BCUT2D eigenvalue weighted by Crippen LogP contribution is 2.14. The van der Waals surface area contributed by atoms with E-state index in [1.807, 2.05) is 0 Å². The Morgan fingerprint density at radius 1 is 1.60 bits per heavy atom. The number of nitrogens with two attached hydrogens (primary N) is 1. The molecular weight excluding hydrogens is 269 g/mol. The molecule has 20 heavy (non-hydrogen) atoms. The molecule has 0 unspecified atom stereocenters. The molecule has 0 saturated heterocycles. The van der Waals surface area contributed by atoms with Crippen LogP contribution in [0.25, 0.3) is 0 Å². The van der Waals surface area contributed by atoms with Gasteiger partial charge < -0.3 is 10.9 Å². The molecule has 1 aromatic heterocycles. The average Bonchev–Trinajstić information content (AvgIpc) is 2.89. The van der Waals surface area contributed by atoms with Gasteiger partial charge in [-0.25, -0.2) is 4.39 Å². The SMILES string of the molecule is N/C(=N/O)c1ccc(Cn2cc([N+](=O)[O-])cn2)c(F)c1. The van der Waals surface area contributed by atoms with E-state index in [1.165, 1.54) is 23.0 Å². The normalized spacial score (nSPS) is 11.6. The molecule has 2 aromatic rings. The summed E-state index contributed by atoms with van der Waals surface area (Å²) >= 11 is 0. The predicted octanol–water partition coefficient (Wildman–Crippen LogP) is 1.07. The van der Waals surface area contributed by atoms with Crippen molar-refractivity contribution in [1.29, 1.82) is 0 Å². The summed E-state index contributed by atoms with van der Waals surface area (Å²) in [6.07, 6.45) is 2.29. The van der Waals surface area contributed by atoms with Gasteiger partial charge in [-0.3, -0.25) is 14.8 Å². The summed E-state index contributed by atoms with van der Waals surface area (Å²) in [6.45, 7) is 0.0378.